The molecule has 0 aliphatic heterocycles. The average Bonchev–Trinajstić information content (AvgIpc) is 3.36. The van der Waals surface area contributed by atoms with E-state index in [1.165, 1.54) is 35.8 Å². The van der Waals surface area contributed by atoms with Gasteiger partial charge in [0.25, 0.3) is 0 Å². The molecule has 0 fully saturated rings. The molecule has 8 unspecified atom stereocenters. The van der Waals surface area contributed by atoms with Crippen LogP contribution in [0.25, 0.3) is 12.2 Å². The zero-order chi connectivity index (χ0) is 58.5. The number of aromatic nitrogens is 6. The number of hydrogen-bond acceptors (Lipinski definition) is 34. The SMILES string of the molecule is CCN(CC(O)C(O)C(O)C(O)CO)c1nc(NCCS(=O)(=O)[O-])nc(Nc2ccc(C=Cc3ccc(Nc4nc(NCCS(=O)(=O)[O-])nc(N(CC)CC(O)C(O)C(O)C(O)CO)n4)cc3S(=O)(=O)[O-])c(S(=O)(=O)[O-])c2)n1.[K+].[K+].[K+].[K+]. The maximum absolute atomic E-state index is 12.7. The molecule has 0 bridgehead atoms. The van der Waals surface area contributed by atoms with Crippen LogP contribution >= 0.6 is 0 Å². The van der Waals surface area contributed by atoms with Crippen molar-refractivity contribution < 1.29 is 308 Å². The van der Waals surface area contributed by atoms with Crippen molar-refractivity contribution in [3.8, 4) is 0 Å². The van der Waals surface area contributed by atoms with Gasteiger partial charge in [-0.25, -0.2) is 33.7 Å². The minimum absolute atomic E-state index is 0. The van der Waals surface area contributed by atoms with Crippen LogP contribution in [0.5, 0.6) is 0 Å². The number of nitrogens with zero attached hydrogens (tertiary/aromatic N) is 8. The number of likely N-dealkylation sites (N-methyl/N-ethyl adjacent to an activating group) is 2. The minimum atomic E-state index is -5.40. The first kappa shape index (κ1) is 82.8. The molecule has 82 heavy (non-hydrogen) atoms. The molecule has 42 heteroatoms. The van der Waals surface area contributed by atoms with Crippen LogP contribution < -0.4 is 237 Å². The van der Waals surface area contributed by atoms with Gasteiger partial charge < -0.3 is 100 Å². The molecule has 2 aromatic heterocycles. The number of aliphatic hydroxyl groups is 10. The van der Waals surface area contributed by atoms with E-state index >= 15 is 0 Å². The Balaban J connectivity index is 0.0000164. The van der Waals surface area contributed by atoms with E-state index in [1.807, 2.05) is 0 Å². The number of benzene rings is 2. The van der Waals surface area contributed by atoms with Crippen LogP contribution in [-0.2, 0) is 40.5 Å². The first-order chi connectivity index (χ1) is 36.3. The van der Waals surface area contributed by atoms with Crippen LogP contribution in [0, 0.1) is 0 Å². The van der Waals surface area contributed by atoms with Crippen molar-refractivity contribution in [1.82, 2.24) is 29.9 Å². The molecule has 14 N–H and O–H groups in total. The molecule has 4 rings (SSSR count). The van der Waals surface area contributed by atoms with Crippen LogP contribution in [0.4, 0.5) is 47.1 Å². The number of aliphatic hydroxyl groups excluding tert-OH is 10. The van der Waals surface area contributed by atoms with Crippen LogP contribution in [0.15, 0.2) is 46.2 Å². The summed E-state index contributed by atoms with van der Waals surface area (Å²) in [6.07, 6.45) is -13.4. The van der Waals surface area contributed by atoms with Crippen molar-refractivity contribution in [3.63, 3.8) is 0 Å². The Morgan fingerprint density at radius 2 is 0.793 bits per heavy atom. The van der Waals surface area contributed by atoms with E-state index in [-0.39, 0.29) is 253 Å². The fraction of sp³-hybridized carbons (Fsp3) is 0.500. The van der Waals surface area contributed by atoms with Crippen molar-refractivity contribution in [2.75, 3.05) is 95.1 Å². The Kier molecular flexibility index (Phi) is 38.2. The predicted octanol–water partition coefficient (Wildman–Crippen LogP) is -18.0. The first-order valence-electron chi connectivity index (χ1n) is 22.7. The molecule has 0 saturated heterocycles. The third-order valence-electron chi connectivity index (χ3n) is 10.8. The summed E-state index contributed by atoms with van der Waals surface area (Å²) < 4.78 is 144. The quantitative estimate of drug-likeness (QED) is 0.0123. The minimum Gasteiger partial charge on any atom is -0.748 e. The molecule has 0 aliphatic rings. The summed E-state index contributed by atoms with van der Waals surface area (Å²) in [6, 6.07) is 6.15. The van der Waals surface area contributed by atoms with Gasteiger partial charge >= 0.3 is 206 Å². The molecule has 0 saturated carbocycles. The summed E-state index contributed by atoms with van der Waals surface area (Å²) in [4.78, 5) is 25.3. The van der Waals surface area contributed by atoms with Gasteiger partial charge in [-0.1, -0.05) is 24.3 Å². The molecule has 436 valence electrons. The zero-order valence-electron chi connectivity index (χ0n) is 44.9. The van der Waals surface area contributed by atoms with Gasteiger partial charge in [-0.05, 0) is 49.2 Å². The number of hydrogen-bond donors (Lipinski definition) is 14. The van der Waals surface area contributed by atoms with Crippen LogP contribution in [0.1, 0.15) is 25.0 Å². The van der Waals surface area contributed by atoms with E-state index in [9.17, 15) is 92.7 Å². The summed E-state index contributed by atoms with van der Waals surface area (Å²) in [5.41, 5.74) is -1.12. The molecular formula is C40H56K4N12O22S4. The van der Waals surface area contributed by atoms with Crippen LogP contribution in [-0.4, -0.2) is 246 Å². The standard InChI is InChI=1S/C40H60N12O22S4.4K/c1-3-51(17-25(55)31(59)33(61)27(57)19-53)39-47-35(41-11-13-75(63,64)65)45-37(49-39)43-23-9-7-21(29(15-23)77(69,70)71)5-6-22-8-10-24(16-30(22)78(72,73)74)44-38-46-36(42-12-14-76(66,67)68)48-40(50-38)52(4-2)18-26(56)32(60)34(62)28(58)20-54;;;;/h5-10,15-16,25-28,31-34,53-62H,3-4,11-14,17-20H2,1-2H3,(H,63,64,65)(H,66,67,68)(H,69,70,71)(H,72,73,74)(H2,41,43,45,47,49)(H2,42,44,46,48,50);;;;/q;4*+1/p-4. The van der Waals surface area contributed by atoms with Crippen LogP contribution in [0.3, 0.4) is 0 Å². The summed E-state index contributed by atoms with van der Waals surface area (Å²) >= 11 is 0. The monoisotopic (exact) mass is 1340 g/mol. The Morgan fingerprint density at radius 3 is 1.07 bits per heavy atom. The summed E-state index contributed by atoms with van der Waals surface area (Å²) in [7, 11) is -20.3. The van der Waals surface area contributed by atoms with Gasteiger partial charge in [0.15, 0.2) is 0 Å². The van der Waals surface area contributed by atoms with Gasteiger partial charge in [-0.2, -0.15) is 29.9 Å². The van der Waals surface area contributed by atoms with Crippen molar-refractivity contribution in [3.05, 3.63) is 47.5 Å². The third-order valence-corrected chi connectivity index (χ3v) is 14.0. The fourth-order valence-corrected chi connectivity index (χ4v) is 8.82. The van der Waals surface area contributed by atoms with E-state index in [0.717, 1.165) is 36.4 Å². The van der Waals surface area contributed by atoms with Crippen molar-refractivity contribution in [2.45, 2.75) is 72.5 Å². The van der Waals surface area contributed by atoms with E-state index < -0.39 is 174 Å². The normalized spacial score (nSPS) is 14.9. The van der Waals surface area contributed by atoms with Crippen molar-refractivity contribution in [1.29, 1.82) is 0 Å². The number of nitrogens with one attached hydrogen (secondary N) is 4. The molecule has 2 aromatic carbocycles. The zero-order valence-corrected chi connectivity index (χ0v) is 60.6. The topological polar surface area (TPSA) is 563 Å². The van der Waals surface area contributed by atoms with Gasteiger partial charge in [0.05, 0.1) is 54.7 Å². The molecular weight excluding hydrogens is 1290 g/mol. The average molecular weight is 1340 g/mol. The van der Waals surface area contributed by atoms with Crippen LogP contribution in [0.2, 0.25) is 0 Å². The van der Waals surface area contributed by atoms with E-state index in [4.69, 9.17) is 10.2 Å². The summed E-state index contributed by atoms with van der Waals surface area (Å²) in [5, 5.41) is 110. The first-order valence-corrected chi connectivity index (χ1v) is 28.7. The molecule has 4 aromatic rings. The molecule has 0 amide bonds. The Bertz CT molecular complexity index is 2970. The van der Waals surface area contributed by atoms with E-state index in [2.05, 4.69) is 51.2 Å². The summed E-state index contributed by atoms with van der Waals surface area (Å²) in [6.45, 7) is -1.10. The van der Waals surface area contributed by atoms with Crippen molar-refractivity contribution in [2.24, 2.45) is 0 Å². The van der Waals surface area contributed by atoms with Gasteiger partial charge in [-0.3, -0.25) is 0 Å². The molecule has 2 heterocycles. The molecule has 0 spiro atoms. The van der Waals surface area contributed by atoms with Gasteiger partial charge in [0.2, 0.25) is 35.7 Å². The molecule has 34 nitrogen and oxygen atoms in total. The maximum Gasteiger partial charge on any atom is 1.00 e. The smallest absolute Gasteiger partial charge is 0.748 e. The second kappa shape index (κ2) is 37.8. The largest absolute Gasteiger partial charge is 1.00 e. The van der Waals surface area contributed by atoms with E-state index in [1.54, 1.807) is 0 Å². The second-order valence-corrected chi connectivity index (χ2v) is 22.4. The third kappa shape index (κ3) is 27.1. The Hall–Kier alpha value is 0.785. The molecule has 0 aliphatic carbocycles. The van der Waals surface area contributed by atoms with Gasteiger partial charge in [0.1, 0.15) is 69.1 Å². The summed E-state index contributed by atoms with van der Waals surface area (Å²) in [5.74, 6) is -4.15. The van der Waals surface area contributed by atoms with Crippen molar-refractivity contribution >= 4 is 99.7 Å². The number of rotatable bonds is 32. The van der Waals surface area contributed by atoms with Gasteiger partial charge in [0, 0.05) is 50.6 Å². The van der Waals surface area contributed by atoms with Gasteiger partial charge in [-0.15, -0.1) is 0 Å². The second-order valence-electron chi connectivity index (χ2n) is 16.6. The molecule has 8 atom stereocenters. The Labute approximate surface area is 641 Å². The Morgan fingerprint density at radius 1 is 0.488 bits per heavy atom. The fourth-order valence-electron chi connectivity index (χ4n) is 6.73. The van der Waals surface area contributed by atoms with E-state index in [0.29, 0.717) is 0 Å². The predicted molar refractivity (Wildman–Crippen MR) is 268 cm³/mol. The maximum atomic E-state index is 12.7. The molecule has 0 radical (unpaired) electrons. The number of anilines is 8.